The number of halogens is 1. The fourth-order valence-electron chi connectivity index (χ4n) is 3.34. The Kier molecular flexibility index (Phi) is 4.37. The number of amides is 1. The van der Waals surface area contributed by atoms with Gasteiger partial charge in [-0.25, -0.2) is 0 Å². The second-order valence-electron chi connectivity index (χ2n) is 6.04. The standard InChI is InChI=1S/C17H17ClN2OS2/c18-10-1-4-12(5-2-10)22-16-8-7-15(23-16)17(21)20-14-9-11-3-6-13(14)19-11/h1-2,4-5,7-8,11,13-14,19H,3,6,9H2,(H,20,21)/t11-,13+,14-/m1/s1. The number of nitrogens with one attached hydrogen (secondary N) is 2. The molecule has 2 aliphatic rings. The minimum atomic E-state index is 0.0531. The summed E-state index contributed by atoms with van der Waals surface area (Å²) in [5.41, 5.74) is 0. The number of carbonyl (C=O) groups is 1. The molecule has 0 aliphatic carbocycles. The Morgan fingerprint density at radius 3 is 2.74 bits per heavy atom. The highest BCUT2D eigenvalue weighted by atomic mass is 35.5. The topological polar surface area (TPSA) is 41.1 Å². The maximum absolute atomic E-state index is 12.4. The molecule has 0 spiro atoms. The van der Waals surface area contributed by atoms with E-state index in [2.05, 4.69) is 10.6 Å². The lowest BCUT2D eigenvalue weighted by Crippen LogP contribution is -2.42. The summed E-state index contributed by atoms with van der Waals surface area (Å²) in [5, 5.41) is 7.48. The van der Waals surface area contributed by atoms with Crippen molar-refractivity contribution in [3.05, 3.63) is 46.3 Å². The Morgan fingerprint density at radius 2 is 2.04 bits per heavy atom. The SMILES string of the molecule is O=C(N[C@@H]1C[C@H]2CC[C@@H]1N2)c1ccc(Sc2ccc(Cl)cc2)s1. The highest BCUT2D eigenvalue weighted by Gasteiger charge is 2.39. The van der Waals surface area contributed by atoms with Crippen molar-refractivity contribution in [2.45, 2.75) is 46.5 Å². The summed E-state index contributed by atoms with van der Waals surface area (Å²) in [6.45, 7) is 0. The van der Waals surface area contributed by atoms with Crippen LogP contribution < -0.4 is 10.6 Å². The average molecular weight is 365 g/mol. The zero-order chi connectivity index (χ0) is 15.8. The van der Waals surface area contributed by atoms with E-state index in [0.29, 0.717) is 12.1 Å². The second-order valence-corrected chi connectivity index (χ2v) is 8.93. The third-order valence-corrected chi connectivity index (χ3v) is 6.93. The summed E-state index contributed by atoms with van der Waals surface area (Å²) >= 11 is 9.10. The molecule has 1 aromatic heterocycles. The van der Waals surface area contributed by atoms with Crippen molar-refractivity contribution in [2.75, 3.05) is 0 Å². The molecule has 2 fully saturated rings. The van der Waals surface area contributed by atoms with Gasteiger partial charge in [-0.3, -0.25) is 4.79 Å². The van der Waals surface area contributed by atoms with E-state index < -0.39 is 0 Å². The molecule has 120 valence electrons. The van der Waals surface area contributed by atoms with Crippen molar-refractivity contribution in [1.29, 1.82) is 0 Å². The van der Waals surface area contributed by atoms with Crippen LogP contribution in [0, 0.1) is 0 Å². The van der Waals surface area contributed by atoms with Gasteiger partial charge in [0, 0.05) is 28.0 Å². The quantitative estimate of drug-likeness (QED) is 0.855. The lowest BCUT2D eigenvalue weighted by molar-refractivity contribution is 0.0935. The van der Waals surface area contributed by atoms with E-state index in [-0.39, 0.29) is 11.9 Å². The third kappa shape index (κ3) is 3.43. The number of thiophene rings is 1. The zero-order valence-corrected chi connectivity index (χ0v) is 14.8. The maximum atomic E-state index is 12.4. The van der Waals surface area contributed by atoms with E-state index in [1.165, 1.54) is 12.8 Å². The van der Waals surface area contributed by atoms with Gasteiger partial charge in [-0.15, -0.1) is 11.3 Å². The second kappa shape index (κ2) is 6.48. The number of fused-ring (bicyclic) bond motifs is 2. The Balaban J connectivity index is 1.39. The fourth-order valence-corrected chi connectivity index (χ4v) is 5.47. The molecule has 0 saturated carbocycles. The van der Waals surface area contributed by atoms with Crippen molar-refractivity contribution < 1.29 is 4.79 Å². The summed E-state index contributed by atoms with van der Waals surface area (Å²) in [6, 6.07) is 13.0. The molecule has 23 heavy (non-hydrogen) atoms. The summed E-state index contributed by atoms with van der Waals surface area (Å²) in [6.07, 6.45) is 3.49. The molecule has 1 aromatic carbocycles. The minimum Gasteiger partial charge on any atom is -0.347 e. The molecule has 3 heterocycles. The number of benzene rings is 1. The van der Waals surface area contributed by atoms with Crippen LogP contribution in [0.2, 0.25) is 5.02 Å². The van der Waals surface area contributed by atoms with E-state index >= 15 is 0 Å². The van der Waals surface area contributed by atoms with Crippen molar-refractivity contribution in [2.24, 2.45) is 0 Å². The molecule has 0 unspecified atom stereocenters. The molecule has 2 saturated heterocycles. The van der Waals surface area contributed by atoms with Crippen LogP contribution in [0.3, 0.4) is 0 Å². The molecule has 6 heteroatoms. The first-order chi connectivity index (χ1) is 11.2. The lowest BCUT2D eigenvalue weighted by atomic mass is 9.95. The molecule has 0 radical (unpaired) electrons. The van der Waals surface area contributed by atoms with E-state index in [1.807, 2.05) is 36.4 Å². The van der Waals surface area contributed by atoms with Gasteiger partial charge >= 0.3 is 0 Å². The van der Waals surface area contributed by atoms with Crippen LogP contribution in [0.1, 0.15) is 28.9 Å². The molecule has 3 atom stereocenters. The third-order valence-electron chi connectivity index (χ3n) is 4.45. The largest absolute Gasteiger partial charge is 0.347 e. The van der Waals surface area contributed by atoms with Gasteiger partial charge in [-0.05, 0) is 55.7 Å². The van der Waals surface area contributed by atoms with E-state index in [0.717, 1.165) is 25.4 Å². The smallest absolute Gasteiger partial charge is 0.261 e. The highest BCUT2D eigenvalue weighted by molar-refractivity contribution is 8.01. The Morgan fingerprint density at radius 1 is 1.22 bits per heavy atom. The van der Waals surface area contributed by atoms with Crippen molar-refractivity contribution in [3.63, 3.8) is 0 Å². The van der Waals surface area contributed by atoms with Gasteiger partial charge in [-0.1, -0.05) is 23.4 Å². The van der Waals surface area contributed by atoms with Crippen LogP contribution in [0.5, 0.6) is 0 Å². The summed E-state index contributed by atoms with van der Waals surface area (Å²) < 4.78 is 1.11. The number of carbonyl (C=O) groups excluding carboxylic acids is 1. The molecule has 2 aliphatic heterocycles. The van der Waals surface area contributed by atoms with Crippen molar-refractivity contribution in [1.82, 2.24) is 10.6 Å². The molecular weight excluding hydrogens is 348 g/mol. The van der Waals surface area contributed by atoms with Gasteiger partial charge in [0.25, 0.3) is 5.91 Å². The molecule has 2 bridgehead atoms. The molecule has 4 rings (SSSR count). The minimum absolute atomic E-state index is 0.0531. The first-order valence-corrected chi connectivity index (χ1v) is 9.78. The molecule has 1 amide bonds. The Labute approximate surface area is 148 Å². The van der Waals surface area contributed by atoms with Crippen molar-refractivity contribution in [3.8, 4) is 0 Å². The summed E-state index contributed by atoms with van der Waals surface area (Å²) in [7, 11) is 0. The molecule has 2 aromatic rings. The Bertz CT molecular complexity index is 716. The fraction of sp³-hybridized carbons (Fsp3) is 0.353. The van der Waals surface area contributed by atoms with E-state index in [9.17, 15) is 4.79 Å². The summed E-state index contributed by atoms with van der Waals surface area (Å²) in [5.74, 6) is 0.0531. The molecule has 2 N–H and O–H groups in total. The average Bonchev–Trinajstić information content (AvgIpc) is 3.26. The van der Waals surface area contributed by atoms with Crippen LogP contribution in [-0.4, -0.2) is 24.0 Å². The first-order valence-electron chi connectivity index (χ1n) is 7.77. The number of rotatable bonds is 4. The zero-order valence-electron chi connectivity index (χ0n) is 12.4. The first kappa shape index (κ1) is 15.5. The van der Waals surface area contributed by atoms with Gasteiger partial charge in [0.1, 0.15) is 0 Å². The van der Waals surface area contributed by atoms with E-state index in [1.54, 1.807) is 23.1 Å². The van der Waals surface area contributed by atoms with Gasteiger partial charge in [-0.2, -0.15) is 0 Å². The van der Waals surface area contributed by atoms with Crippen LogP contribution in [0.25, 0.3) is 0 Å². The van der Waals surface area contributed by atoms with Gasteiger partial charge in [0.15, 0.2) is 0 Å². The number of hydrogen-bond acceptors (Lipinski definition) is 4. The Hall–Kier alpha value is -1.01. The summed E-state index contributed by atoms with van der Waals surface area (Å²) in [4.78, 5) is 14.3. The normalized spacial score (nSPS) is 25.7. The van der Waals surface area contributed by atoms with Gasteiger partial charge in [0.2, 0.25) is 0 Å². The van der Waals surface area contributed by atoms with Crippen LogP contribution in [0.15, 0.2) is 45.5 Å². The highest BCUT2D eigenvalue weighted by Crippen LogP contribution is 2.34. The maximum Gasteiger partial charge on any atom is 0.261 e. The predicted octanol–water partition coefficient (Wildman–Crippen LogP) is 4.18. The van der Waals surface area contributed by atoms with Crippen LogP contribution in [0.4, 0.5) is 0 Å². The monoisotopic (exact) mass is 364 g/mol. The van der Waals surface area contributed by atoms with Gasteiger partial charge in [0.05, 0.1) is 9.09 Å². The van der Waals surface area contributed by atoms with E-state index in [4.69, 9.17) is 11.6 Å². The van der Waals surface area contributed by atoms with Crippen molar-refractivity contribution >= 4 is 40.6 Å². The lowest BCUT2D eigenvalue weighted by Gasteiger charge is -2.20. The number of hydrogen-bond donors (Lipinski definition) is 2. The molecular formula is C17H17ClN2OS2. The predicted molar refractivity (Wildman–Crippen MR) is 95.7 cm³/mol. The van der Waals surface area contributed by atoms with Crippen LogP contribution in [-0.2, 0) is 0 Å². The van der Waals surface area contributed by atoms with Crippen LogP contribution >= 0.6 is 34.7 Å². The van der Waals surface area contributed by atoms with Gasteiger partial charge < -0.3 is 10.6 Å². The molecule has 3 nitrogen and oxygen atoms in total.